The molecule has 1 aliphatic rings. The second kappa shape index (κ2) is 11.9. The van der Waals surface area contributed by atoms with E-state index in [1.54, 1.807) is 18.2 Å². The number of aliphatic hydroxyl groups excluding tert-OH is 1. The first-order valence-electron chi connectivity index (χ1n) is 8.39. The second-order valence-corrected chi connectivity index (χ2v) is 5.80. The molecule has 0 spiro atoms. The zero-order valence-corrected chi connectivity index (χ0v) is 14.8. The molecule has 1 aliphatic heterocycles. The Balaban J connectivity index is 0.000000527. The molecule has 4 N–H and O–H groups in total. The van der Waals surface area contributed by atoms with Crippen molar-refractivity contribution in [2.75, 3.05) is 51.2 Å². The van der Waals surface area contributed by atoms with Crippen molar-refractivity contribution in [3.05, 3.63) is 30.1 Å². The van der Waals surface area contributed by atoms with Crippen molar-refractivity contribution >= 4 is 23.5 Å². The van der Waals surface area contributed by atoms with Gasteiger partial charge in [-0.2, -0.15) is 0 Å². The molecule has 9 nitrogen and oxygen atoms in total. The molecule has 10 heteroatoms. The van der Waals surface area contributed by atoms with E-state index in [1.807, 2.05) is 0 Å². The summed E-state index contributed by atoms with van der Waals surface area (Å²) < 4.78 is 13.4. The molecule has 27 heavy (non-hydrogen) atoms. The lowest BCUT2D eigenvalue weighted by Crippen LogP contribution is -2.47. The predicted molar refractivity (Wildman–Crippen MR) is 94.9 cm³/mol. The zero-order valence-electron chi connectivity index (χ0n) is 14.8. The number of benzene rings is 1. The first-order chi connectivity index (χ1) is 12.8. The number of aliphatic carboxylic acids is 2. The van der Waals surface area contributed by atoms with Gasteiger partial charge >= 0.3 is 11.9 Å². The monoisotopic (exact) mass is 385 g/mol. The summed E-state index contributed by atoms with van der Waals surface area (Å²) in [7, 11) is 0. The van der Waals surface area contributed by atoms with Crippen LogP contribution in [0.25, 0.3) is 0 Å². The van der Waals surface area contributed by atoms with Gasteiger partial charge in [-0.3, -0.25) is 9.69 Å². The van der Waals surface area contributed by atoms with Gasteiger partial charge in [0.15, 0.2) is 0 Å². The lowest BCUT2D eigenvalue weighted by Gasteiger charge is -2.34. The van der Waals surface area contributed by atoms with Crippen LogP contribution in [0.5, 0.6) is 0 Å². The van der Waals surface area contributed by atoms with Crippen LogP contribution in [0, 0.1) is 5.82 Å². The minimum absolute atomic E-state index is 0.169. The van der Waals surface area contributed by atoms with Crippen molar-refractivity contribution in [3.63, 3.8) is 0 Å². The average molecular weight is 385 g/mol. The maximum Gasteiger partial charge on any atom is 0.414 e. The van der Waals surface area contributed by atoms with Gasteiger partial charge in [-0.25, -0.2) is 14.0 Å². The number of hydrogen-bond acceptors (Lipinski definition) is 6. The zero-order chi connectivity index (χ0) is 20.2. The van der Waals surface area contributed by atoms with E-state index in [4.69, 9.17) is 24.9 Å². The number of anilines is 1. The van der Waals surface area contributed by atoms with Crippen LogP contribution in [-0.4, -0.2) is 88.8 Å². The number of nitrogens with zero attached hydrogens (tertiary/aromatic N) is 2. The van der Waals surface area contributed by atoms with Gasteiger partial charge in [-0.1, -0.05) is 12.1 Å². The molecule has 0 unspecified atom stereocenters. The van der Waals surface area contributed by atoms with Crippen LogP contribution >= 0.6 is 0 Å². The normalized spacial score (nSPS) is 14.7. The smallest absolute Gasteiger partial charge is 0.414 e. The lowest BCUT2D eigenvalue weighted by atomic mass is 10.2. The molecule has 1 fully saturated rings. The fraction of sp³-hybridized carbons (Fsp3) is 0.471. The van der Waals surface area contributed by atoms with E-state index < -0.39 is 17.8 Å². The summed E-state index contributed by atoms with van der Waals surface area (Å²) >= 11 is 0. The first kappa shape index (κ1) is 22.5. The molecular formula is C17H24FN3O6. The Bertz CT molecular complexity index is 623. The number of nitrogens with one attached hydrogen (secondary N) is 1. The Labute approximate surface area is 156 Å². The van der Waals surface area contributed by atoms with E-state index in [0.717, 1.165) is 26.2 Å². The van der Waals surface area contributed by atoms with E-state index in [-0.39, 0.29) is 18.2 Å². The number of piperazine rings is 1. The Morgan fingerprint density at radius 2 is 1.48 bits per heavy atom. The molecule has 0 atom stereocenters. The molecule has 1 saturated heterocycles. The maximum absolute atomic E-state index is 13.4. The summed E-state index contributed by atoms with van der Waals surface area (Å²) in [5.41, 5.74) is 0.232. The van der Waals surface area contributed by atoms with E-state index >= 15 is 0 Å². The van der Waals surface area contributed by atoms with Crippen molar-refractivity contribution in [2.45, 2.75) is 6.42 Å². The van der Waals surface area contributed by atoms with E-state index in [0.29, 0.717) is 19.5 Å². The summed E-state index contributed by atoms with van der Waals surface area (Å²) in [6.07, 6.45) is 0.355. The predicted octanol–water partition coefficient (Wildman–Crippen LogP) is -0.0802. The molecular weight excluding hydrogens is 361 g/mol. The molecule has 1 amide bonds. The Morgan fingerprint density at radius 1 is 0.963 bits per heavy atom. The number of halogens is 1. The van der Waals surface area contributed by atoms with Crippen molar-refractivity contribution < 1.29 is 34.1 Å². The number of β-amino-alcohol motifs (C(OH)–C–C–N with tert-alkyl or cyclic N) is 1. The number of carboxylic acids is 2. The van der Waals surface area contributed by atoms with Gasteiger partial charge in [0.05, 0.1) is 12.3 Å². The van der Waals surface area contributed by atoms with Crippen LogP contribution in [0.4, 0.5) is 10.1 Å². The molecule has 0 saturated carbocycles. The van der Waals surface area contributed by atoms with Crippen LogP contribution in [0.2, 0.25) is 0 Å². The molecule has 1 aromatic carbocycles. The molecule has 0 aliphatic carbocycles. The molecule has 1 aromatic rings. The average Bonchev–Trinajstić information content (AvgIpc) is 2.64. The van der Waals surface area contributed by atoms with E-state index in [1.165, 1.54) is 6.07 Å². The summed E-state index contributed by atoms with van der Waals surface area (Å²) in [6.45, 7) is 5.19. The highest BCUT2D eigenvalue weighted by Crippen LogP contribution is 2.12. The highest BCUT2D eigenvalue weighted by atomic mass is 19.1. The highest BCUT2D eigenvalue weighted by molar-refractivity contribution is 6.27. The van der Waals surface area contributed by atoms with Crippen LogP contribution in [-0.2, 0) is 14.4 Å². The van der Waals surface area contributed by atoms with Gasteiger partial charge in [0.1, 0.15) is 5.82 Å². The quantitative estimate of drug-likeness (QED) is 0.500. The molecule has 150 valence electrons. The topological polar surface area (TPSA) is 130 Å². The number of para-hydroxylation sites is 1. The molecule has 0 bridgehead atoms. The largest absolute Gasteiger partial charge is 0.473 e. The van der Waals surface area contributed by atoms with Crippen molar-refractivity contribution in [1.82, 2.24) is 9.80 Å². The minimum atomic E-state index is -1.82. The highest BCUT2D eigenvalue weighted by Gasteiger charge is 2.17. The third-order valence-corrected chi connectivity index (χ3v) is 3.87. The number of amides is 1. The summed E-state index contributed by atoms with van der Waals surface area (Å²) in [4.78, 5) is 34.4. The molecule has 0 aromatic heterocycles. The van der Waals surface area contributed by atoms with Gasteiger partial charge < -0.3 is 25.5 Å². The molecule has 0 radical (unpaired) electrons. The van der Waals surface area contributed by atoms with Crippen molar-refractivity contribution in [1.29, 1.82) is 0 Å². The third kappa shape index (κ3) is 9.08. The van der Waals surface area contributed by atoms with Crippen molar-refractivity contribution in [3.8, 4) is 0 Å². The summed E-state index contributed by atoms with van der Waals surface area (Å²) in [6, 6.07) is 6.17. The summed E-state index contributed by atoms with van der Waals surface area (Å²) in [5.74, 6) is -4.23. The number of rotatable bonds is 6. The van der Waals surface area contributed by atoms with Gasteiger partial charge in [-0.15, -0.1) is 0 Å². The SMILES string of the molecule is O=C(CCN1CCN(CCO)CC1)Nc1ccccc1F.O=C(O)C(=O)O. The van der Waals surface area contributed by atoms with Crippen molar-refractivity contribution in [2.24, 2.45) is 0 Å². The second-order valence-electron chi connectivity index (χ2n) is 5.80. The minimum Gasteiger partial charge on any atom is -0.473 e. The fourth-order valence-electron chi connectivity index (χ4n) is 2.41. The Morgan fingerprint density at radius 3 is 1.96 bits per heavy atom. The van der Waals surface area contributed by atoms with Gasteiger partial charge in [0.25, 0.3) is 0 Å². The fourth-order valence-corrected chi connectivity index (χ4v) is 2.41. The maximum atomic E-state index is 13.4. The lowest BCUT2D eigenvalue weighted by molar-refractivity contribution is -0.159. The van der Waals surface area contributed by atoms with Crippen LogP contribution in [0.3, 0.4) is 0 Å². The number of hydrogen-bond donors (Lipinski definition) is 4. The number of aliphatic hydroxyl groups is 1. The van der Waals surface area contributed by atoms with E-state index in [9.17, 15) is 9.18 Å². The number of carbonyl (C=O) groups is 3. The summed E-state index contributed by atoms with van der Waals surface area (Å²) in [5, 5.41) is 26.3. The third-order valence-electron chi connectivity index (χ3n) is 3.87. The molecule has 1 heterocycles. The standard InChI is InChI=1S/C15H22FN3O2.C2H2O4/c16-13-3-1-2-4-14(13)17-15(21)5-6-18-7-9-19(10-8-18)11-12-20;3-1(4)2(5)6/h1-4,20H,5-12H2,(H,17,21);(H,3,4)(H,5,6). The number of carboxylic acid groups (broad SMARTS) is 2. The van der Waals surface area contributed by atoms with Crippen LogP contribution < -0.4 is 5.32 Å². The Kier molecular flexibility index (Phi) is 9.94. The Hall–Kier alpha value is -2.56. The van der Waals surface area contributed by atoms with Crippen LogP contribution in [0.15, 0.2) is 24.3 Å². The van der Waals surface area contributed by atoms with E-state index in [2.05, 4.69) is 15.1 Å². The first-order valence-corrected chi connectivity index (χ1v) is 8.39. The number of carbonyl (C=O) groups excluding carboxylic acids is 1. The molecule has 2 rings (SSSR count). The van der Waals surface area contributed by atoms with Gasteiger partial charge in [0, 0.05) is 45.7 Å². The van der Waals surface area contributed by atoms with Crippen LogP contribution in [0.1, 0.15) is 6.42 Å². The van der Waals surface area contributed by atoms with Gasteiger partial charge in [0.2, 0.25) is 5.91 Å². The van der Waals surface area contributed by atoms with Gasteiger partial charge in [-0.05, 0) is 12.1 Å².